The molecule has 0 amide bonds. The number of methoxy groups -OCH3 is 1. The van der Waals surface area contributed by atoms with Gasteiger partial charge in [-0.3, -0.25) is 0 Å². The van der Waals surface area contributed by atoms with Gasteiger partial charge in [0.05, 0.1) is 16.9 Å². The molecule has 0 bridgehead atoms. The van der Waals surface area contributed by atoms with Crippen molar-refractivity contribution in [1.82, 2.24) is 0 Å². The van der Waals surface area contributed by atoms with Gasteiger partial charge < -0.3 is 14.6 Å². The summed E-state index contributed by atoms with van der Waals surface area (Å²) in [7, 11) is 1.27. The molecule has 0 saturated heterocycles. The van der Waals surface area contributed by atoms with E-state index in [4.69, 9.17) is 0 Å². The molecule has 0 aliphatic carbocycles. The molecular weight excluding hydrogens is 340 g/mol. The van der Waals surface area contributed by atoms with Crippen molar-refractivity contribution < 1.29 is 29.0 Å². The van der Waals surface area contributed by atoms with Crippen LogP contribution in [0, 0.1) is 0 Å². The Hall–Kier alpha value is -2.29. The number of esters is 3. The van der Waals surface area contributed by atoms with E-state index in [1.165, 1.54) is 29.8 Å². The Kier molecular flexibility index (Phi) is 5.43. The van der Waals surface area contributed by atoms with Crippen LogP contribution in [0.2, 0.25) is 0 Å². The molecule has 1 aliphatic heterocycles. The topological polar surface area (TPSA) is 89.9 Å². The summed E-state index contributed by atoms with van der Waals surface area (Å²) in [5, 5.41) is 14.2. The van der Waals surface area contributed by atoms with Gasteiger partial charge in [0, 0.05) is 12.2 Å². The van der Waals surface area contributed by atoms with Crippen molar-refractivity contribution in [1.29, 1.82) is 0 Å². The Morgan fingerprint density at radius 1 is 1.09 bits per heavy atom. The zero-order valence-corrected chi connectivity index (χ0v) is 13.6. The number of aliphatic hydroxyl groups is 1. The maximum atomic E-state index is 11.8. The highest BCUT2D eigenvalue weighted by Gasteiger charge is 2.43. The number of thiophene rings is 2. The molecule has 0 spiro atoms. The Morgan fingerprint density at radius 2 is 1.57 bits per heavy atom. The number of cyclic esters (lactones) is 2. The van der Waals surface area contributed by atoms with Crippen LogP contribution in [0.4, 0.5) is 0 Å². The zero-order chi connectivity index (χ0) is 16.9. The van der Waals surface area contributed by atoms with Crippen molar-refractivity contribution in [2.75, 3.05) is 7.11 Å². The summed E-state index contributed by atoms with van der Waals surface area (Å²) in [5.74, 6) is -1.81. The molecule has 2 aromatic rings. The minimum atomic E-state index is -1.67. The average Bonchev–Trinajstić information content (AvgIpc) is 3.29. The van der Waals surface area contributed by atoms with Gasteiger partial charge in [-0.1, -0.05) is 12.1 Å². The van der Waals surface area contributed by atoms with E-state index in [9.17, 15) is 19.5 Å². The summed E-state index contributed by atoms with van der Waals surface area (Å²) in [6, 6.07) is 7.03. The van der Waals surface area contributed by atoms with Crippen LogP contribution in [0.15, 0.2) is 47.2 Å². The first-order valence-electron chi connectivity index (χ1n) is 6.31. The quantitative estimate of drug-likeness (QED) is 0.670. The maximum absolute atomic E-state index is 11.8. The zero-order valence-electron chi connectivity index (χ0n) is 11.9. The molecule has 8 heteroatoms. The van der Waals surface area contributed by atoms with Crippen LogP contribution in [0.3, 0.4) is 0 Å². The summed E-state index contributed by atoms with van der Waals surface area (Å²) in [6.07, 6.45) is 2.17. The van der Waals surface area contributed by atoms with Crippen molar-refractivity contribution in [3.63, 3.8) is 0 Å². The Morgan fingerprint density at radius 3 is 1.83 bits per heavy atom. The van der Waals surface area contributed by atoms with Gasteiger partial charge in [-0.15, -0.1) is 22.7 Å². The number of hydrogen-bond acceptors (Lipinski definition) is 8. The highest BCUT2D eigenvalue weighted by atomic mass is 32.1. The molecular formula is C15H12O6S2. The average molecular weight is 352 g/mol. The van der Waals surface area contributed by atoms with Crippen LogP contribution >= 0.6 is 22.7 Å². The van der Waals surface area contributed by atoms with E-state index in [1.807, 2.05) is 10.8 Å². The highest BCUT2D eigenvalue weighted by Crippen LogP contribution is 2.36. The maximum Gasteiger partial charge on any atom is 0.349 e. The van der Waals surface area contributed by atoms with Gasteiger partial charge in [0.2, 0.25) is 5.60 Å². The smallest absolute Gasteiger partial charge is 0.349 e. The first-order chi connectivity index (χ1) is 11.0. The first kappa shape index (κ1) is 17.1. The minimum absolute atomic E-state index is 0.571. The van der Waals surface area contributed by atoms with Crippen molar-refractivity contribution in [2.45, 2.75) is 5.60 Å². The predicted molar refractivity (Wildman–Crippen MR) is 83.9 cm³/mol. The van der Waals surface area contributed by atoms with E-state index in [-0.39, 0.29) is 0 Å². The Bertz CT molecular complexity index is 665. The lowest BCUT2D eigenvalue weighted by atomic mass is 10.0. The third-order valence-corrected chi connectivity index (χ3v) is 4.75. The lowest BCUT2D eigenvalue weighted by Crippen LogP contribution is -2.36. The molecule has 0 fully saturated rings. The molecule has 2 aromatic heterocycles. The molecule has 120 valence electrons. The van der Waals surface area contributed by atoms with E-state index >= 15 is 0 Å². The number of carbonyl (C=O) groups excluding carboxylic acids is 3. The number of hydrogen-bond donors (Lipinski definition) is 1. The monoisotopic (exact) mass is 352 g/mol. The Labute approximate surface area is 139 Å². The van der Waals surface area contributed by atoms with Gasteiger partial charge >= 0.3 is 17.9 Å². The summed E-state index contributed by atoms with van der Waals surface area (Å²) in [4.78, 5) is 32.8. The van der Waals surface area contributed by atoms with Gasteiger partial charge in [-0.2, -0.15) is 0 Å². The number of carbonyl (C=O) groups is 3. The molecule has 3 heterocycles. The predicted octanol–water partition coefficient (Wildman–Crippen LogP) is 1.84. The van der Waals surface area contributed by atoms with E-state index in [1.54, 1.807) is 24.3 Å². The summed E-state index contributed by atoms with van der Waals surface area (Å²) < 4.78 is 8.66. The lowest BCUT2D eigenvalue weighted by molar-refractivity contribution is -0.158. The van der Waals surface area contributed by atoms with E-state index in [0.717, 1.165) is 12.2 Å². The molecule has 0 aromatic carbocycles. The van der Waals surface area contributed by atoms with Crippen LogP contribution in [-0.4, -0.2) is 30.1 Å². The van der Waals surface area contributed by atoms with E-state index in [0.29, 0.717) is 9.75 Å². The fourth-order valence-electron chi connectivity index (χ4n) is 1.74. The second kappa shape index (κ2) is 7.32. The van der Waals surface area contributed by atoms with E-state index in [2.05, 4.69) is 9.47 Å². The van der Waals surface area contributed by atoms with Gasteiger partial charge in [-0.05, 0) is 22.9 Å². The number of rotatable bonds is 3. The lowest BCUT2D eigenvalue weighted by Gasteiger charge is -2.22. The second-order valence-corrected chi connectivity index (χ2v) is 6.13. The van der Waals surface area contributed by atoms with Crippen molar-refractivity contribution in [2.24, 2.45) is 0 Å². The molecule has 0 saturated carbocycles. The van der Waals surface area contributed by atoms with Gasteiger partial charge in [0.15, 0.2) is 0 Å². The third-order valence-electron chi connectivity index (χ3n) is 2.79. The van der Waals surface area contributed by atoms with E-state index < -0.39 is 23.5 Å². The van der Waals surface area contributed by atoms with Crippen molar-refractivity contribution >= 4 is 40.6 Å². The SMILES string of the molecule is COC(=O)C(O)(c1cccs1)c1cccs1.O=C1C=CC(=O)O1. The molecule has 3 rings (SSSR count). The normalized spacial score (nSPS) is 13.3. The summed E-state index contributed by atoms with van der Waals surface area (Å²) in [5.41, 5.74) is -1.67. The fourth-order valence-corrected chi connectivity index (χ4v) is 3.46. The van der Waals surface area contributed by atoms with Gasteiger partial charge in [-0.25, -0.2) is 14.4 Å². The van der Waals surface area contributed by atoms with Crippen LogP contribution < -0.4 is 0 Å². The number of ether oxygens (including phenoxy) is 2. The molecule has 6 nitrogen and oxygen atoms in total. The first-order valence-corrected chi connectivity index (χ1v) is 8.07. The summed E-state index contributed by atoms with van der Waals surface area (Å²) >= 11 is 2.66. The van der Waals surface area contributed by atoms with Crippen LogP contribution in [-0.2, 0) is 29.5 Å². The van der Waals surface area contributed by atoms with Crippen LogP contribution in [0.25, 0.3) is 0 Å². The molecule has 0 radical (unpaired) electrons. The summed E-state index contributed by atoms with van der Waals surface area (Å²) in [6.45, 7) is 0. The van der Waals surface area contributed by atoms with Gasteiger partial charge in [0.25, 0.3) is 0 Å². The van der Waals surface area contributed by atoms with Gasteiger partial charge in [0.1, 0.15) is 0 Å². The molecule has 1 aliphatic rings. The standard InChI is InChI=1S/C11H10O3S2.C4H2O3/c1-14-10(12)11(13,8-4-2-6-15-8)9-5-3-7-16-9;5-3-1-2-4(6)7-3/h2-7,13H,1H3;1-2H. The second-order valence-electron chi connectivity index (χ2n) is 4.23. The molecule has 23 heavy (non-hydrogen) atoms. The fraction of sp³-hybridized carbons (Fsp3) is 0.133. The largest absolute Gasteiger partial charge is 0.466 e. The third kappa shape index (κ3) is 3.73. The highest BCUT2D eigenvalue weighted by molar-refractivity contribution is 7.12. The van der Waals surface area contributed by atoms with Crippen molar-refractivity contribution in [3.05, 3.63) is 56.9 Å². The molecule has 1 N–H and O–H groups in total. The van der Waals surface area contributed by atoms with Crippen LogP contribution in [0.1, 0.15) is 9.75 Å². The molecule has 0 unspecified atom stereocenters. The molecule has 0 atom stereocenters. The van der Waals surface area contributed by atoms with Crippen molar-refractivity contribution in [3.8, 4) is 0 Å². The Balaban J connectivity index is 0.000000229. The minimum Gasteiger partial charge on any atom is -0.466 e. The van der Waals surface area contributed by atoms with Crippen LogP contribution in [0.5, 0.6) is 0 Å².